The lowest BCUT2D eigenvalue weighted by Crippen LogP contribution is -2.14. The van der Waals surface area contributed by atoms with Crippen LogP contribution in [0, 0.1) is 0 Å². The van der Waals surface area contributed by atoms with Gasteiger partial charge < -0.3 is 9.30 Å². The van der Waals surface area contributed by atoms with Crippen LogP contribution in [0.15, 0.2) is 53.5 Å². The van der Waals surface area contributed by atoms with Gasteiger partial charge in [0.2, 0.25) is 0 Å². The van der Waals surface area contributed by atoms with Gasteiger partial charge in [0.15, 0.2) is 0 Å². The molecule has 0 bridgehead atoms. The fourth-order valence-corrected chi connectivity index (χ4v) is 2.76. The van der Waals surface area contributed by atoms with Crippen molar-refractivity contribution in [1.82, 2.24) is 4.57 Å². The summed E-state index contributed by atoms with van der Waals surface area (Å²) in [7, 11) is 2.02. The zero-order valence-corrected chi connectivity index (χ0v) is 13.5. The molecule has 0 fully saturated rings. The number of ether oxygens (including phenoxy) is 1. The second-order valence-electron chi connectivity index (χ2n) is 5.52. The van der Waals surface area contributed by atoms with Gasteiger partial charge in [0.25, 0.3) is 0 Å². The summed E-state index contributed by atoms with van der Waals surface area (Å²) < 4.78 is 7.32. The number of hydrogen-bond acceptors (Lipinski definition) is 2. The predicted molar refractivity (Wildman–Crippen MR) is 92.2 cm³/mol. The molecule has 0 atom stereocenters. The van der Waals surface area contributed by atoms with Crippen molar-refractivity contribution >= 4 is 27.9 Å². The minimum Gasteiger partial charge on any atom is -0.448 e. The number of aromatic nitrogens is 1. The lowest BCUT2D eigenvalue weighted by atomic mass is 10.1. The molecule has 0 aliphatic rings. The van der Waals surface area contributed by atoms with Crippen molar-refractivity contribution in [3.8, 4) is 0 Å². The Kier molecular flexibility index (Phi) is 4.42. The van der Waals surface area contributed by atoms with Crippen LogP contribution in [0.5, 0.6) is 0 Å². The number of aryl methyl sites for hydroxylation is 1. The van der Waals surface area contributed by atoms with Crippen LogP contribution in [0.2, 0.25) is 0 Å². The van der Waals surface area contributed by atoms with Gasteiger partial charge in [-0.05, 0) is 18.6 Å². The number of carbonyl (C=O) groups excluding carboxylic acids is 1. The Balaban J connectivity index is 2.24. The molecule has 4 nitrogen and oxygen atoms in total. The van der Waals surface area contributed by atoms with Gasteiger partial charge in [-0.25, -0.2) is 4.79 Å². The number of fused-ring (bicyclic) bond motifs is 2. The number of unbranched alkanes of at least 4 members (excludes halogenated alkanes) is 1. The van der Waals surface area contributed by atoms with Gasteiger partial charge in [0, 0.05) is 17.8 Å². The molecule has 4 heteroatoms. The average molecular weight is 308 g/mol. The zero-order valence-electron chi connectivity index (χ0n) is 13.5. The van der Waals surface area contributed by atoms with E-state index in [1.165, 1.54) is 0 Å². The fourth-order valence-electron chi connectivity index (χ4n) is 2.76. The molecule has 118 valence electrons. The molecule has 0 spiro atoms. The molecule has 1 heterocycles. The van der Waals surface area contributed by atoms with Gasteiger partial charge in [-0.15, -0.1) is 0 Å². The van der Waals surface area contributed by atoms with E-state index in [2.05, 4.69) is 16.5 Å². The van der Waals surface area contributed by atoms with Crippen molar-refractivity contribution in [3.63, 3.8) is 0 Å². The highest BCUT2D eigenvalue weighted by Gasteiger charge is 2.08. The van der Waals surface area contributed by atoms with E-state index in [-0.39, 0.29) is 0 Å². The summed E-state index contributed by atoms with van der Waals surface area (Å²) in [6.07, 6.45) is 1.31. The molecule has 0 saturated heterocycles. The first kappa shape index (κ1) is 15.3. The maximum absolute atomic E-state index is 12.1. The minimum absolute atomic E-state index is 0.412. The van der Waals surface area contributed by atoms with E-state index < -0.39 is 6.09 Å². The molecule has 1 aromatic heterocycles. The van der Waals surface area contributed by atoms with Crippen LogP contribution in [0.25, 0.3) is 21.8 Å². The van der Waals surface area contributed by atoms with Crippen molar-refractivity contribution in [2.75, 3.05) is 6.61 Å². The third-order valence-electron chi connectivity index (χ3n) is 3.97. The predicted octanol–water partition coefficient (Wildman–Crippen LogP) is 4.17. The van der Waals surface area contributed by atoms with Gasteiger partial charge in [0.1, 0.15) is 0 Å². The Morgan fingerprint density at radius 3 is 2.17 bits per heavy atom. The summed E-state index contributed by atoms with van der Waals surface area (Å²) in [4.78, 5) is 16.3. The molecule has 23 heavy (non-hydrogen) atoms. The summed E-state index contributed by atoms with van der Waals surface area (Å²) >= 11 is 0. The van der Waals surface area contributed by atoms with Crippen LogP contribution in [0.4, 0.5) is 4.79 Å². The summed E-state index contributed by atoms with van der Waals surface area (Å²) in [6.45, 7) is 2.47. The zero-order chi connectivity index (χ0) is 16.2. The monoisotopic (exact) mass is 308 g/mol. The number of benzene rings is 2. The smallest absolute Gasteiger partial charge is 0.434 e. The van der Waals surface area contributed by atoms with E-state index in [4.69, 9.17) is 4.74 Å². The van der Waals surface area contributed by atoms with Gasteiger partial charge in [-0.3, -0.25) is 0 Å². The van der Waals surface area contributed by atoms with Crippen LogP contribution >= 0.6 is 0 Å². The second kappa shape index (κ2) is 6.65. The highest BCUT2D eigenvalue weighted by Crippen LogP contribution is 2.17. The number of carbonyl (C=O) groups is 1. The highest BCUT2D eigenvalue weighted by atomic mass is 16.5. The minimum atomic E-state index is -0.525. The maximum Gasteiger partial charge on any atom is 0.434 e. The number of pyridine rings is 1. The maximum atomic E-state index is 12.1. The van der Waals surface area contributed by atoms with Crippen LogP contribution in [0.3, 0.4) is 0 Å². The molecular weight excluding hydrogens is 288 g/mol. The second-order valence-corrected chi connectivity index (χ2v) is 5.52. The molecule has 2 aromatic carbocycles. The summed E-state index contributed by atoms with van der Waals surface area (Å²) in [5.74, 6) is 0. The molecule has 3 aromatic rings. The normalized spacial score (nSPS) is 10.9. The molecule has 0 unspecified atom stereocenters. The van der Waals surface area contributed by atoms with E-state index in [9.17, 15) is 4.79 Å². The molecule has 0 radical (unpaired) electrons. The Morgan fingerprint density at radius 1 is 1.04 bits per heavy atom. The fraction of sp³-hybridized carbons (Fsp3) is 0.263. The van der Waals surface area contributed by atoms with Crippen molar-refractivity contribution in [1.29, 1.82) is 0 Å². The standard InChI is InChI=1S/C19H20N2O2/c1-3-4-13-23-19(22)20-18-14-9-5-7-11-16(14)21(2)17-12-8-6-10-15(17)18/h5-12H,3-4,13H2,1-2H3. The first-order chi connectivity index (χ1) is 11.2. The summed E-state index contributed by atoms with van der Waals surface area (Å²) in [5, 5.41) is 2.57. The Bertz CT molecular complexity index is 865. The largest absolute Gasteiger partial charge is 0.448 e. The molecule has 3 rings (SSSR count). The van der Waals surface area contributed by atoms with Gasteiger partial charge in [-0.1, -0.05) is 49.7 Å². The van der Waals surface area contributed by atoms with E-state index >= 15 is 0 Å². The van der Waals surface area contributed by atoms with Gasteiger partial charge in [0.05, 0.1) is 23.0 Å². The molecule has 0 aliphatic heterocycles. The van der Waals surface area contributed by atoms with Crippen molar-refractivity contribution < 1.29 is 9.53 Å². The summed E-state index contributed by atoms with van der Waals surface area (Å²) in [6, 6.07) is 15.9. The SMILES string of the molecule is CCCCOC(=O)N=c1c2ccccc2n(C)c2ccccc12. The van der Waals surface area contributed by atoms with E-state index in [1.807, 2.05) is 55.6 Å². The quantitative estimate of drug-likeness (QED) is 0.538. The number of hydrogen-bond donors (Lipinski definition) is 0. The molecule has 0 saturated carbocycles. The molecule has 1 amide bonds. The van der Waals surface area contributed by atoms with Crippen LogP contribution in [0.1, 0.15) is 19.8 Å². The third kappa shape index (κ3) is 2.97. The molecule has 0 aliphatic carbocycles. The Hall–Kier alpha value is -2.62. The van der Waals surface area contributed by atoms with Crippen LogP contribution < -0.4 is 5.36 Å². The lowest BCUT2D eigenvalue weighted by Gasteiger charge is -2.11. The summed E-state index contributed by atoms with van der Waals surface area (Å²) in [5.41, 5.74) is 2.07. The lowest BCUT2D eigenvalue weighted by molar-refractivity contribution is 0.155. The first-order valence-electron chi connectivity index (χ1n) is 7.90. The Labute approximate surface area is 135 Å². The average Bonchev–Trinajstić information content (AvgIpc) is 2.59. The van der Waals surface area contributed by atoms with Crippen LogP contribution in [-0.4, -0.2) is 17.3 Å². The van der Waals surface area contributed by atoms with Crippen molar-refractivity contribution in [3.05, 3.63) is 53.9 Å². The van der Waals surface area contributed by atoms with Crippen LogP contribution in [-0.2, 0) is 11.8 Å². The van der Waals surface area contributed by atoms with E-state index in [1.54, 1.807) is 0 Å². The van der Waals surface area contributed by atoms with Gasteiger partial charge in [-0.2, -0.15) is 4.99 Å². The van der Waals surface area contributed by atoms with Crippen molar-refractivity contribution in [2.24, 2.45) is 12.0 Å². The van der Waals surface area contributed by atoms with E-state index in [0.717, 1.165) is 34.6 Å². The Morgan fingerprint density at radius 2 is 1.61 bits per heavy atom. The third-order valence-corrected chi connectivity index (χ3v) is 3.97. The van der Waals surface area contributed by atoms with Crippen molar-refractivity contribution in [2.45, 2.75) is 19.8 Å². The number of para-hydroxylation sites is 2. The molecule has 0 N–H and O–H groups in total. The van der Waals surface area contributed by atoms with E-state index in [0.29, 0.717) is 12.0 Å². The first-order valence-corrected chi connectivity index (χ1v) is 7.90. The molecular formula is C19H20N2O2. The number of nitrogens with zero attached hydrogens (tertiary/aromatic N) is 2. The number of rotatable bonds is 3. The topological polar surface area (TPSA) is 43.6 Å². The highest BCUT2D eigenvalue weighted by molar-refractivity contribution is 5.94. The number of amides is 1. The van der Waals surface area contributed by atoms with Gasteiger partial charge >= 0.3 is 6.09 Å².